The van der Waals surface area contributed by atoms with Crippen molar-refractivity contribution in [1.29, 1.82) is 0 Å². The lowest BCUT2D eigenvalue weighted by Gasteiger charge is -2.14. The van der Waals surface area contributed by atoms with E-state index in [0.29, 0.717) is 22.4 Å². The third kappa shape index (κ3) is 6.00. The number of hydrogen-bond acceptors (Lipinski definition) is 5. The Morgan fingerprint density at radius 3 is 2.32 bits per heavy atom. The first kappa shape index (κ1) is 21.7. The first-order chi connectivity index (χ1) is 15.2. The summed E-state index contributed by atoms with van der Waals surface area (Å²) in [6.45, 7) is 1.13. The lowest BCUT2D eigenvalue weighted by Crippen LogP contribution is -2.27. The number of rotatable bonds is 8. The number of thioether (sulfide) groups is 2. The summed E-state index contributed by atoms with van der Waals surface area (Å²) in [6, 6.07) is 28.0. The van der Waals surface area contributed by atoms with Gasteiger partial charge in [-0.2, -0.15) is 0 Å². The summed E-state index contributed by atoms with van der Waals surface area (Å²) in [5, 5.41) is 0. The number of hydrogen-bond donors (Lipinski definition) is 0. The van der Waals surface area contributed by atoms with E-state index in [-0.39, 0.29) is 5.91 Å². The van der Waals surface area contributed by atoms with Gasteiger partial charge in [0.05, 0.1) is 18.1 Å². The molecule has 1 heterocycles. The highest BCUT2D eigenvalue weighted by Gasteiger charge is 2.31. The second kappa shape index (κ2) is 10.7. The SMILES string of the molecule is O=C1/C(=C/c2ccc(OCCSc3ccccc3)cc2)SC(=S)N1Cc1ccccc1. The average Bonchev–Trinajstić information content (AvgIpc) is 3.06. The Labute approximate surface area is 196 Å². The van der Waals surface area contributed by atoms with E-state index in [1.807, 2.05) is 78.9 Å². The molecule has 0 unspecified atom stereocenters. The molecular formula is C25H21NO2S3. The number of carbonyl (C=O) groups excluding carboxylic acids is 1. The minimum atomic E-state index is -0.0443. The maximum atomic E-state index is 12.8. The van der Waals surface area contributed by atoms with Gasteiger partial charge in [0.1, 0.15) is 10.1 Å². The van der Waals surface area contributed by atoms with Crippen LogP contribution in [0.5, 0.6) is 5.75 Å². The van der Waals surface area contributed by atoms with Gasteiger partial charge in [0.2, 0.25) is 0 Å². The van der Waals surface area contributed by atoms with E-state index in [1.54, 1.807) is 16.7 Å². The van der Waals surface area contributed by atoms with E-state index < -0.39 is 0 Å². The van der Waals surface area contributed by atoms with Crippen molar-refractivity contribution in [1.82, 2.24) is 4.90 Å². The highest BCUT2D eigenvalue weighted by Crippen LogP contribution is 2.33. The van der Waals surface area contributed by atoms with Gasteiger partial charge >= 0.3 is 0 Å². The van der Waals surface area contributed by atoms with Gasteiger partial charge in [-0.3, -0.25) is 9.69 Å². The van der Waals surface area contributed by atoms with Gasteiger partial charge in [-0.05, 0) is 41.5 Å². The number of nitrogens with zero attached hydrogens (tertiary/aromatic N) is 1. The zero-order chi connectivity index (χ0) is 21.5. The molecule has 0 N–H and O–H groups in total. The van der Waals surface area contributed by atoms with Gasteiger partial charge in [0.15, 0.2) is 0 Å². The Kier molecular flexibility index (Phi) is 7.46. The van der Waals surface area contributed by atoms with Crippen molar-refractivity contribution >= 4 is 52.0 Å². The van der Waals surface area contributed by atoms with E-state index in [4.69, 9.17) is 17.0 Å². The molecule has 0 aromatic heterocycles. The standard InChI is InChI=1S/C25H21NO2S3/c27-24-23(31-25(29)26(24)18-20-7-3-1-4-8-20)17-19-11-13-21(14-12-19)28-15-16-30-22-9-5-2-6-10-22/h1-14,17H,15-16,18H2/b23-17-. The highest BCUT2D eigenvalue weighted by atomic mass is 32.2. The Hall–Kier alpha value is -2.54. The van der Waals surface area contributed by atoms with E-state index in [0.717, 1.165) is 22.6 Å². The van der Waals surface area contributed by atoms with E-state index >= 15 is 0 Å². The predicted molar refractivity (Wildman–Crippen MR) is 134 cm³/mol. The Morgan fingerprint density at radius 1 is 0.935 bits per heavy atom. The molecular weight excluding hydrogens is 442 g/mol. The van der Waals surface area contributed by atoms with Crippen molar-refractivity contribution in [3.05, 3.63) is 101 Å². The molecule has 1 amide bonds. The third-order valence-electron chi connectivity index (χ3n) is 4.60. The molecule has 4 rings (SSSR count). The highest BCUT2D eigenvalue weighted by molar-refractivity contribution is 8.26. The van der Waals surface area contributed by atoms with Crippen molar-refractivity contribution in [3.8, 4) is 5.75 Å². The molecule has 31 heavy (non-hydrogen) atoms. The van der Waals surface area contributed by atoms with Crippen LogP contribution in [-0.2, 0) is 11.3 Å². The fraction of sp³-hybridized carbons (Fsp3) is 0.120. The molecule has 1 fully saturated rings. The molecule has 0 bridgehead atoms. The lowest BCUT2D eigenvalue weighted by molar-refractivity contribution is -0.122. The molecule has 0 radical (unpaired) electrons. The number of benzene rings is 3. The van der Waals surface area contributed by atoms with Crippen LogP contribution >= 0.6 is 35.7 Å². The molecule has 0 saturated carbocycles. The smallest absolute Gasteiger partial charge is 0.266 e. The monoisotopic (exact) mass is 463 g/mol. The summed E-state index contributed by atoms with van der Waals surface area (Å²) < 4.78 is 6.43. The maximum Gasteiger partial charge on any atom is 0.266 e. The van der Waals surface area contributed by atoms with E-state index in [2.05, 4.69) is 12.1 Å². The normalized spacial score (nSPS) is 15.0. The quantitative estimate of drug-likeness (QED) is 0.170. The van der Waals surface area contributed by atoms with Gasteiger partial charge in [0, 0.05) is 10.6 Å². The summed E-state index contributed by atoms with van der Waals surface area (Å²) in [6.07, 6.45) is 1.89. The van der Waals surface area contributed by atoms with Crippen LogP contribution in [0.2, 0.25) is 0 Å². The second-order valence-electron chi connectivity index (χ2n) is 6.83. The molecule has 1 saturated heterocycles. The van der Waals surface area contributed by atoms with Crippen molar-refractivity contribution in [2.45, 2.75) is 11.4 Å². The maximum absolute atomic E-state index is 12.8. The lowest BCUT2D eigenvalue weighted by atomic mass is 10.2. The molecule has 1 aliphatic heterocycles. The zero-order valence-corrected chi connectivity index (χ0v) is 19.2. The molecule has 3 aromatic carbocycles. The molecule has 1 aliphatic rings. The zero-order valence-electron chi connectivity index (χ0n) is 16.8. The largest absolute Gasteiger partial charge is 0.493 e. The molecule has 156 valence electrons. The van der Waals surface area contributed by atoms with Crippen LogP contribution in [0.4, 0.5) is 0 Å². The number of carbonyl (C=O) groups is 1. The Morgan fingerprint density at radius 2 is 1.61 bits per heavy atom. The van der Waals surface area contributed by atoms with Gasteiger partial charge in [-0.15, -0.1) is 11.8 Å². The van der Waals surface area contributed by atoms with Gasteiger partial charge in [-0.1, -0.05) is 84.6 Å². The van der Waals surface area contributed by atoms with Gasteiger partial charge in [-0.25, -0.2) is 0 Å². The fourth-order valence-electron chi connectivity index (χ4n) is 3.05. The van der Waals surface area contributed by atoms with Crippen molar-refractivity contribution in [2.75, 3.05) is 12.4 Å². The van der Waals surface area contributed by atoms with Gasteiger partial charge < -0.3 is 4.74 Å². The second-order valence-corrected chi connectivity index (χ2v) is 9.68. The summed E-state index contributed by atoms with van der Waals surface area (Å²) in [7, 11) is 0. The number of ether oxygens (including phenoxy) is 1. The van der Waals surface area contributed by atoms with E-state index in [9.17, 15) is 4.79 Å². The van der Waals surface area contributed by atoms with E-state index in [1.165, 1.54) is 16.7 Å². The fourth-order valence-corrected chi connectivity index (χ4v) is 5.06. The van der Waals surface area contributed by atoms with Crippen LogP contribution in [0.1, 0.15) is 11.1 Å². The predicted octanol–water partition coefficient (Wildman–Crippen LogP) is 6.26. The topological polar surface area (TPSA) is 29.5 Å². The first-order valence-corrected chi connectivity index (χ1v) is 12.1. The molecule has 3 nitrogen and oxygen atoms in total. The average molecular weight is 464 g/mol. The van der Waals surface area contributed by atoms with Crippen molar-refractivity contribution < 1.29 is 9.53 Å². The summed E-state index contributed by atoms with van der Waals surface area (Å²) >= 11 is 8.55. The van der Waals surface area contributed by atoms with Crippen LogP contribution in [0, 0.1) is 0 Å². The van der Waals surface area contributed by atoms with Gasteiger partial charge in [0.25, 0.3) is 5.91 Å². The van der Waals surface area contributed by atoms with Crippen LogP contribution < -0.4 is 4.74 Å². The minimum absolute atomic E-state index is 0.0443. The summed E-state index contributed by atoms with van der Waals surface area (Å²) in [4.78, 5) is 16.3. The first-order valence-electron chi connectivity index (χ1n) is 9.89. The Balaban J connectivity index is 1.31. The van der Waals surface area contributed by atoms with Crippen LogP contribution in [0.15, 0.2) is 94.7 Å². The molecule has 6 heteroatoms. The van der Waals surface area contributed by atoms with Crippen LogP contribution in [0.3, 0.4) is 0 Å². The Bertz CT molecular complexity index is 1070. The summed E-state index contributed by atoms with van der Waals surface area (Å²) in [5.74, 6) is 1.66. The summed E-state index contributed by atoms with van der Waals surface area (Å²) in [5.41, 5.74) is 2.01. The molecule has 0 atom stereocenters. The van der Waals surface area contributed by atoms with Crippen LogP contribution in [-0.4, -0.2) is 27.5 Å². The number of thiocarbonyl (C=S) groups is 1. The molecule has 3 aromatic rings. The third-order valence-corrected chi connectivity index (χ3v) is 6.95. The van der Waals surface area contributed by atoms with Crippen molar-refractivity contribution in [3.63, 3.8) is 0 Å². The molecule has 0 aliphatic carbocycles. The molecule has 0 spiro atoms. The minimum Gasteiger partial charge on any atom is -0.493 e. The van der Waals surface area contributed by atoms with Crippen LogP contribution in [0.25, 0.3) is 6.08 Å². The van der Waals surface area contributed by atoms with Crippen molar-refractivity contribution in [2.24, 2.45) is 0 Å². The number of amides is 1.